The molecule has 4 nitrogen and oxygen atoms in total. The summed E-state index contributed by atoms with van der Waals surface area (Å²) in [7, 11) is 4.11. The Kier molecular flexibility index (Phi) is 6.96. The van der Waals surface area contributed by atoms with Gasteiger partial charge in [-0.15, -0.1) is 0 Å². The van der Waals surface area contributed by atoms with Crippen LogP contribution in [0.2, 0.25) is 0 Å². The molecule has 1 aromatic rings. The third kappa shape index (κ3) is 4.48. The van der Waals surface area contributed by atoms with Crippen LogP contribution in [0.15, 0.2) is 18.2 Å². The van der Waals surface area contributed by atoms with Crippen LogP contribution in [-0.2, 0) is 16.6 Å². The molecule has 1 heterocycles. The topological polar surface area (TPSA) is 43.8 Å². The third-order valence-corrected chi connectivity index (χ3v) is 6.62. The molecule has 3 atom stereocenters. The average molecular weight is 375 g/mol. The average Bonchev–Trinajstić information content (AvgIpc) is 2.63. The molecule has 1 aliphatic rings. The minimum Gasteiger partial charge on any atom is -0.508 e. The molecule has 0 radical (unpaired) electrons. The zero-order valence-corrected chi connectivity index (χ0v) is 18.2. The molecule has 1 amide bonds. The van der Waals surface area contributed by atoms with Crippen LogP contribution in [0.25, 0.3) is 0 Å². The summed E-state index contributed by atoms with van der Waals surface area (Å²) in [5, 5.41) is 10.2. The molecule has 152 valence electrons. The molecule has 0 bridgehead atoms. The van der Waals surface area contributed by atoms with E-state index in [2.05, 4.69) is 46.6 Å². The van der Waals surface area contributed by atoms with Crippen LogP contribution in [0.5, 0.6) is 5.75 Å². The van der Waals surface area contributed by atoms with Gasteiger partial charge in [-0.1, -0.05) is 33.8 Å². The van der Waals surface area contributed by atoms with E-state index in [-0.39, 0.29) is 23.4 Å². The highest BCUT2D eigenvalue weighted by Crippen LogP contribution is 2.43. The first kappa shape index (κ1) is 21.7. The number of benzene rings is 1. The predicted octanol–water partition coefficient (Wildman–Crippen LogP) is 4.20. The normalized spacial score (nSPS) is 26.4. The zero-order chi connectivity index (χ0) is 20.4. The van der Waals surface area contributed by atoms with Crippen molar-refractivity contribution in [2.45, 2.75) is 77.8 Å². The number of hydrogen-bond donors (Lipinski definition) is 1. The van der Waals surface area contributed by atoms with E-state index in [1.165, 1.54) is 11.1 Å². The van der Waals surface area contributed by atoms with Gasteiger partial charge in [-0.25, -0.2) is 0 Å². The van der Waals surface area contributed by atoms with E-state index in [0.29, 0.717) is 18.1 Å². The molecule has 27 heavy (non-hydrogen) atoms. The van der Waals surface area contributed by atoms with Gasteiger partial charge in [0.1, 0.15) is 5.75 Å². The number of aryl methyl sites for hydroxylation is 1. The fraction of sp³-hybridized carbons (Fsp3) is 0.696. The van der Waals surface area contributed by atoms with Crippen LogP contribution in [0.4, 0.5) is 0 Å². The number of likely N-dealkylation sites (N-methyl/N-ethyl adjacent to an activating group) is 2. The van der Waals surface area contributed by atoms with Crippen molar-refractivity contribution in [3.8, 4) is 5.75 Å². The van der Waals surface area contributed by atoms with Crippen molar-refractivity contribution in [1.29, 1.82) is 0 Å². The number of likely N-dealkylation sites (tertiary alicyclic amines) is 1. The summed E-state index contributed by atoms with van der Waals surface area (Å²) in [5.41, 5.74) is 2.27. The molecule has 0 aliphatic carbocycles. The highest BCUT2D eigenvalue weighted by atomic mass is 16.3. The van der Waals surface area contributed by atoms with Crippen LogP contribution in [0, 0.1) is 5.92 Å². The number of phenolic OH excluding ortho intramolecular Hbond substituents is 1. The van der Waals surface area contributed by atoms with Crippen molar-refractivity contribution in [3.05, 3.63) is 29.3 Å². The van der Waals surface area contributed by atoms with Crippen molar-refractivity contribution < 1.29 is 9.90 Å². The highest BCUT2D eigenvalue weighted by molar-refractivity contribution is 5.76. The van der Waals surface area contributed by atoms with Crippen LogP contribution < -0.4 is 0 Å². The van der Waals surface area contributed by atoms with Crippen LogP contribution in [-0.4, -0.2) is 53.5 Å². The standard InChI is InChI=1S/C23H38N2O2/c1-8-18-10-11-19(26)15-20(18)23(5)13-14-24(6)17(4)22(23)25(7)21(27)12-9-16(2)3/h10-11,15-17,22,26H,8-9,12-14H2,1-7H3/t17?,22-,23?/m0/s1. The third-order valence-electron chi connectivity index (χ3n) is 6.62. The maximum atomic E-state index is 13.0. The number of aromatic hydroxyl groups is 1. The number of nitrogens with zero attached hydrogens (tertiary/aromatic N) is 2. The summed E-state index contributed by atoms with van der Waals surface area (Å²) >= 11 is 0. The SMILES string of the molecule is CCc1ccc(O)cc1C1(C)CCN(C)C(C)[C@@H]1N(C)C(=O)CCC(C)C. The largest absolute Gasteiger partial charge is 0.508 e. The molecule has 2 rings (SSSR count). The Morgan fingerprint density at radius 2 is 2.07 bits per heavy atom. The molecule has 1 N–H and O–H groups in total. The number of piperidine rings is 1. The van der Waals surface area contributed by atoms with Gasteiger partial charge in [-0.2, -0.15) is 0 Å². The van der Waals surface area contributed by atoms with Crippen molar-refractivity contribution >= 4 is 5.91 Å². The lowest BCUT2D eigenvalue weighted by Crippen LogP contribution is -2.63. The Morgan fingerprint density at radius 3 is 2.67 bits per heavy atom. The monoisotopic (exact) mass is 374 g/mol. The fourth-order valence-electron chi connectivity index (χ4n) is 4.73. The van der Waals surface area contributed by atoms with Gasteiger partial charge < -0.3 is 14.9 Å². The predicted molar refractivity (Wildman–Crippen MR) is 112 cm³/mol. The van der Waals surface area contributed by atoms with E-state index in [4.69, 9.17) is 0 Å². The molecule has 0 spiro atoms. The Labute approximate surface area is 165 Å². The van der Waals surface area contributed by atoms with E-state index in [1.54, 1.807) is 6.07 Å². The lowest BCUT2D eigenvalue weighted by molar-refractivity contribution is -0.136. The second-order valence-corrected chi connectivity index (χ2v) is 8.97. The van der Waals surface area contributed by atoms with Gasteiger partial charge in [0.2, 0.25) is 5.91 Å². The minimum atomic E-state index is -0.182. The first-order valence-electron chi connectivity index (χ1n) is 10.4. The van der Waals surface area contributed by atoms with E-state index in [1.807, 2.05) is 24.1 Å². The van der Waals surface area contributed by atoms with Gasteiger partial charge in [0.25, 0.3) is 0 Å². The zero-order valence-electron chi connectivity index (χ0n) is 18.2. The second-order valence-electron chi connectivity index (χ2n) is 8.97. The van der Waals surface area contributed by atoms with Crippen molar-refractivity contribution in [2.24, 2.45) is 5.92 Å². The molecule has 1 aliphatic heterocycles. The summed E-state index contributed by atoms with van der Waals surface area (Å²) < 4.78 is 0. The van der Waals surface area contributed by atoms with Gasteiger partial charge in [0.05, 0.1) is 6.04 Å². The molecule has 1 saturated heterocycles. The Balaban J connectivity index is 2.46. The van der Waals surface area contributed by atoms with Crippen molar-refractivity contribution in [1.82, 2.24) is 9.80 Å². The quantitative estimate of drug-likeness (QED) is 0.811. The number of carbonyl (C=O) groups excluding carboxylic acids is 1. The molecule has 4 heteroatoms. The molecule has 2 unspecified atom stereocenters. The number of phenols is 1. The van der Waals surface area contributed by atoms with Gasteiger partial charge >= 0.3 is 0 Å². The van der Waals surface area contributed by atoms with Crippen LogP contribution in [0.1, 0.15) is 65.0 Å². The van der Waals surface area contributed by atoms with Gasteiger partial charge in [0, 0.05) is 24.9 Å². The smallest absolute Gasteiger partial charge is 0.222 e. The van der Waals surface area contributed by atoms with Gasteiger partial charge in [-0.3, -0.25) is 4.79 Å². The molecule has 0 saturated carbocycles. The van der Waals surface area contributed by atoms with E-state index in [9.17, 15) is 9.90 Å². The van der Waals surface area contributed by atoms with Crippen LogP contribution in [0.3, 0.4) is 0 Å². The first-order valence-corrected chi connectivity index (χ1v) is 10.4. The van der Waals surface area contributed by atoms with Gasteiger partial charge in [0.15, 0.2) is 0 Å². The number of hydrogen-bond acceptors (Lipinski definition) is 3. The fourth-order valence-corrected chi connectivity index (χ4v) is 4.73. The Morgan fingerprint density at radius 1 is 1.41 bits per heavy atom. The summed E-state index contributed by atoms with van der Waals surface area (Å²) in [6.45, 7) is 12.0. The van der Waals surface area contributed by atoms with Gasteiger partial charge in [-0.05, 0) is 69.0 Å². The molecule has 1 fully saturated rings. The van der Waals surface area contributed by atoms with E-state index in [0.717, 1.165) is 25.8 Å². The first-order chi connectivity index (χ1) is 12.6. The van der Waals surface area contributed by atoms with E-state index >= 15 is 0 Å². The summed E-state index contributed by atoms with van der Waals surface area (Å²) in [4.78, 5) is 17.3. The second kappa shape index (κ2) is 8.64. The van der Waals surface area contributed by atoms with E-state index < -0.39 is 0 Å². The number of carbonyl (C=O) groups is 1. The number of amides is 1. The molecule has 1 aromatic carbocycles. The summed E-state index contributed by atoms with van der Waals surface area (Å²) in [6.07, 6.45) is 3.41. The minimum absolute atomic E-state index is 0.0722. The molecular formula is C23H38N2O2. The van der Waals surface area contributed by atoms with Crippen molar-refractivity contribution in [2.75, 3.05) is 20.6 Å². The van der Waals surface area contributed by atoms with Crippen molar-refractivity contribution in [3.63, 3.8) is 0 Å². The maximum absolute atomic E-state index is 13.0. The number of rotatable bonds is 6. The Hall–Kier alpha value is -1.55. The lowest BCUT2D eigenvalue weighted by Gasteiger charge is -2.53. The maximum Gasteiger partial charge on any atom is 0.222 e. The lowest BCUT2D eigenvalue weighted by atomic mass is 9.66. The highest BCUT2D eigenvalue weighted by Gasteiger charge is 2.47. The summed E-state index contributed by atoms with van der Waals surface area (Å²) in [5.74, 6) is 1.06. The van der Waals surface area contributed by atoms with Crippen LogP contribution >= 0.6 is 0 Å². The molecular weight excluding hydrogens is 336 g/mol. The molecule has 0 aromatic heterocycles. The Bertz CT molecular complexity index is 658. The summed E-state index contributed by atoms with van der Waals surface area (Å²) in [6, 6.07) is 6.07.